The molecule has 5 heteroatoms. The van der Waals surface area contributed by atoms with E-state index in [0.29, 0.717) is 36.1 Å². The van der Waals surface area contributed by atoms with Gasteiger partial charge in [0.15, 0.2) is 17.6 Å². The lowest BCUT2D eigenvalue weighted by Crippen LogP contribution is -2.30. The Bertz CT molecular complexity index is 697. The Morgan fingerprint density at radius 3 is 2.52 bits per heavy atom. The monoisotopic (exact) mass is 313 g/mol. The molecule has 1 unspecified atom stereocenters. The van der Waals surface area contributed by atoms with Crippen molar-refractivity contribution in [1.29, 1.82) is 0 Å². The zero-order valence-corrected chi connectivity index (χ0v) is 13.2. The van der Waals surface area contributed by atoms with Crippen LogP contribution in [0, 0.1) is 6.92 Å². The first kappa shape index (κ1) is 15.2. The van der Waals surface area contributed by atoms with Gasteiger partial charge in [0.1, 0.15) is 19.0 Å². The van der Waals surface area contributed by atoms with Crippen molar-refractivity contribution >= 4 is 11.6 Å². The molecule has 1 aliphatic heterocycles. The average Bonchev–Trinajstić information content (AvgIpc) is 2.56. The summed E-state index contributed by atoms with van der Waals surface area (Å²) in [7, 11) is 0. The lowest BCUT2D eigenvalue weighted by molar-refractivity contribution is -0.122. The molecular weight excluding hydrogens is 294 g/mol. The highest BCUT2D eigenvalue weighted by atomic mass is 16.6. The van der Waals surface area contributed by atoms with Gasteiger partial charge in [0, 0.05) is 11.8 Å². The molecule has 120 valence electrons. The third-order valence-corrected chi connectivity index (χ3v) is 3.51. The molecule has 2 aromatic rings. The number of rotatable bonds is 4. The molecule has 3 rings (SSSR count). The van der Waals surface area contributed by atoms with Crippen molar-refractivity contribution < 1.29 is 19.0 Å². The van der Waals surface area contributed by atoms with Crippen molar-refractivity contribution in [2.24, 2.45) is 0 Å². The van der Waals surface area contributed by atoms with Gasteiger partial charge in [0.05, 0.1) is 0 Å². The number of benzene rings is 2. The lowest BCUT2D eigenvalue weighted by atomic mass is 10.2. The minimum absolute atomic E-state index is 0.220. The quantitative estimate of drug-likeness (QED) is 0.942. The smallest absolute Gasteiger partial charge is 0.265 e. The number of ether oxygens (including phenoxy) is 3. The van der Waals surface area contributed by atoms with Crippen molar-refractivity contribution in [3.63, 3.8) is 0 Å². The van der Waals surface area contributed by atoms with Crippen LogP contribution in [0.15, 0.2) is 42.5 Å². The molecule has 0 saturated carbocycles. The molecule has 5 nitrogen and oxygen atoms in total. The Morgan fingerprint density at radius 2 is 1.78 bits per heavy atom. The van der Waals surface area contributed by atoms with E-state index in [2.05, 4.69) is 5.32 Å². The minimum Gasteiger partial charge on any atom is -0.486 e. The van der Waals surface area contributed by atoms with Gasteiger partial charge in [-0.05, 0) is 38.1 Å². The summed E-state index contributed by atoms with van der Waals surface area (Å²) in [5.41, 5.74) is 1.80. The summed E-state index contributed by atoms with van der Waals surface area (Å²) in [5.74, 6) is 1.78. The number of carbonyl (C=O) groups excluding carboxylic acids is 1. The maximum absolute atomic E-state index is 12.2. The second-order valence-electron chi connectivity index (χ2n) is 5.42. The number of fused-ring (bicyclic) bond motifs is 1. The van der Waals surface area contributed by atoms with Crippen LogP contribution in [0.25, 0.3) is 0 Å². The molecule has 1 amide bonds. The van der Waals surface area contributed by atoms with Crippen LogP contribution in [0.2, 0.25) is 0 Å². The summed E-state index contributed by atoms with van der Waals surface area (Å²) in [6.07, 6.45) is -0.606. The Hall–Kier alpha value is -2.69. The first-order valence-corrected chi connectivity index (χ1v) is 7.55. The third kappa shape index (κ3) is 3.74. The van der Waals surface area contributed by atoms with Crippen molar-refractivity contribution in [2.75, 3.05) is 18.5 Å². The van der Waals surface area contributed by atoms with Crippen LogP contribution in [-0.4, -0.2) is 25.2 Å². The zero-order valence-electron chi connectivity index (χ0n) is 13.2. The van der Waals surface area contributed by atoms with Crippen LogP contribution >= 0.6 is 0 Å². The Kier molecular flexibility index (Phi) is 4.37. The summed E-state index contributed by atoms with van der Waals surface area (Å²) in [6, 6.07) is 12.9. The van der Waals surface area contributed by atoms with E-state index in [-0.39, 0.29) is 5.91 Å². The summed E-state index contributed by atoms with van der Waals surface area (Å²) >= 11 is 0. The number of hydrogen-bond donors (Lipinski definition) is 1. The van der Waals surface area contributed by atoms with Gasteiger partial charge < -0.3 is 19.5 Å². The molecule has 2 aromatic carbocycles. The molecule has 0 aliphatic carbocycles. The topological polar surface area (TPSA) is 56.8 Å². The first-order chi connectivity index (χ1) is 11.1. The van der Waals surface area contributed by atoms with Crippen LogP contribution in [0.1, 0.15) is 12.5 Å². The normalized spacial score (nSPS) is 14.0. The van der Waals surface area contributed by atoms with Crippen molar-refractivity contribution in [3.05, 3.63) is 48.0 Å². The third-order valence-electron chi connectivity index (χ3n) is 3.51. The molecule has 1 N–H and O–H groups in total. The summed E-state index contributed by atoms with van der Waals surface area (Å²) in [5, 5.41) is 2.82. The molecule has 1 aliphatic rings. The molecule has 0 fully saturated rings. The Labute approximate surface area is 135 Å². The van der Waals surface area contributed by atoms with Gasteiger partial charge in [-0.25, -0.2) is 0 Å². The fourth-order valence-corrected chi connectivity index (χ4v) is 2.24. The van der Waals surface area contributed by atoms with E-state index in [1.54, 1.807) is 25.1 Å². The van der Waals surface area contributed by atoms with Crippen LogP contribution in [0.5, 0.6) is 17.2 Å². The highest BCUT2D eigenvalue weighted by molar-refractivity contribution is 5.94. The summed E-state index contributed by atoms with van der Waals surface area (Å²) in [4.78, 5) is 12.2. The number of anilines is 1. The molecule has 1 atom stereocenters. The second-order valence-corrected chi connectivity index (χ2v) is 5.42. The highest BCUT2D eigenvalue weighted by Gasteiger charge is 2.17. The fraction of sp³-hybridized carbons (Fsp3) is 0.278. The van der Waals surface area contributed by atoms with Gasteiger partial charge in [0.25, 0.3) is 5.91 Å². The molecule has 0 aromatic heterocycles. The molecule has 23 heavy (non-hydrogen) atoms. The predicted octanol–water partition coefficient (Wildman–Crippen LogP) is 3.17. The number of amides is 1. The lowest BCUT2D eigenvalue weighted by Gasteiger charge is -2.19. The van der Waals surface area contributed by atoms with Crippen LogP contribution in [-0.2, 0) is 4.79 Å². The maximum atomic E-state index is 12.2. The summed E-state index contributed by atoms with van der Waals surface area (Å²) < 4.78 is 16.6. The van der Waals surface area contributed by atoms with E-state index in [4.69, 9.17) is 14.2 Å². The van der Waals surface area contributed by atoms with Crippen LogP contribution in [0.3, 0.4) is 0 Å². The zero-order chi connectivity index (χ0) is 16.2. The second kappa shape index (κ2) is 6.60. The standard InChI is InChI=1S/C18H19NO4/c1-12-3-6-15(7-4-12)23-13(2)18(20)19-14-5-8-16-17(11-14)22-10-9-21-16/h3-8,11,13H,9-10H2,1-2H3,(H,19,20). The molecule has 1 heterocycles. The molecular formula is C18H19NO4. The average molecular weight is 313 g/mol. The number of nitrogens with one attached hydrogen (secondary N) is 1. The van der Waals surface area contributed by atoms with E-state index < -0.39 is 6.10 Å². The van der Waals surface area contributed by atoms with Crippen molar-refractivity contribution in [3.8, 4) is 17.2 Å². The number of carbonyl (C=O) groups is 1. The van der Waals surface area contributed by atoms with Gasteiger partial charge in [-0.2, -0.15) is 0 Å². The van der Waals surface area contributed by atoms with Crippen LogP contribution in [0.4, 0.5) is 5.69 Å². The van der Waals surface area contributed by atoms with E-state index in [0.717, 1.165) is 5.56 Å². The molecule has 0 radical (unpaired) electrons. The van der Waals surface area contributed by atoms with Crippen molar-refractivity contribution in [2.45, 2.75) is 20.0 Å². The Morgan fingerprint density at radius 1 is 1.09 bits per heavy atom. The van der Waals surface area contributed by atoms with E-state index in [9.17, 15) is 4.79 Å². The van der Waals surface area contributed by atoms with E-state index in [1.165, 1.54) is 0 Å². The van der Waals surface area contributed by atoms with Gasteiger partial charge in [-0.3, -0.25) is 4.79 Å². The van der Waals surface area contributed by atoms with Gasteiger partial charge in [0.2, 0.25) is 0 Å². The maximum Gasteiger partial charge on any atom is 0.265 e. The SMILES string of the molecule is Cc1ccc(OC(C)C(=O)Nc2ccc3c(c2)OCCO3)cc1. The molecule has 0 spiro atoms. The molecule has 0 saturated heterocycles. The number of aryl methyl sites for hydroxylation is 1. The largest absolute Gasteiger partial charge is 0.486 e. The van der Waals surface area contributed by atoms with Gasteiger partial charge >= 0.3 is 0 Å². The predicted molar refractivity (Wildman–Crippen MR) is 87.3 cm³/mol. The summed E-state index contributed by atoms with van der Waals surface area (Å²) in [6.45, 7) is 4.77. The van der Waals surface area contributed by atoms with Gasteiger partial charge in [-0.1, -0.05) is 17.7 Å². The number of hydrogen-bond acceptors (Lipinski definition) is 4. The van der Waals surface area contributed by atoms with Gasteiger partial charge in [-0.15, -0.1) is 0 Å². The van der Waals surface area contributed by atoms with Crippen LogP contribution < -0.4 is 19.5 Å². The minimum atomic E-state index is -0.606. The first-order valence-electron chi connectivity index (χ1n) is 7.55. The highest BCUT2D eigenvalue weighted by Crippen LogP contribution is 2.32. The Balaban J connectivity index is 1.63. The fourth-order valence-electron chi connectivity index (χ4n) is 2.24. The van der Waals surface area contributed by atoms with E-state index >= 15 is 0 Å². The van der Waals surface area contributed by atoms with Crippen molar-refractivity contribution in [1.82, 2.24) is 0 Å². The van der Waals surface area contributed by atoms with E-state index in [1.807, 2.05) is 31.2 Å². The molecule has 0 bridgehead atoms.